The number of aromatic nitrogens is 1. The molecule has 0 bridgehead atoms. The Bertz CT molecular complexity index is 80.0. The molecule has 0 fully saturated rings. The van der Waals surface area contributed by atoms with Gasteiger partial charge >= 0.3 is 18.9 Å². The zero-order valence-electron chi connectivity index (χ0n) is 3.26. The first kappa shape index (κ1) is 6.75. The Kier molecular flexibility index (Phi) is 3.78. The van der Waals surface area contributed by atoms with Crippen LogP contribution in [0.5, 0.6) is 0 Å². The van der Waals surface area contributed by atoms with Crippen LogP contribution in [0.4, 0.5) is 0 Å². The molecule has 0 unspecified atom stereocenters. The fourth-order valence-corrected chi connectivity index (χ4v) is 0.277. The SMILES string of the molecule is [LiH].[c]1ccccn1. The Balaban J connectivity index is 0.000000360. The van der Waals surface area contributed by atoms with E-state index in [9.17, 15) is 0 Å². The summed E-state index contributed by atoms with van der Waals surface area (Å²) in [6, 6.07) is 5.50. The number of hydrogen-bond donors (Lipinski definition) is 0. The summed E-state index contributed by atoms with van der Waals surface area (Å²) in [4.78, 5) is 3.66. The number of hydrogen-bond acceptors (Lipinski definition) is 1. The van der Waals surface area contributed by atoms with Crippen LogP contribution in [0.25, 0.3) is 0 Å². The Morgan fingerprint density at radius 3 is 2.29 bits per heavy atom. The van der Waals surface area contributed by atoms with Gasteiger partial charge in [-0.3, -0.25) is 4.98 Å². The van der Waals surface area contributed by atoms with Crippen LogP contribution in [0.3, 0.4) is 0 Å². The van der Waals surface area contributed by atoms with Crippen LogP contribution in [0, 0.1) is 6.20 Å². The normalized spacial score (nSPS) is 6.86. The molecule has 1 aromatic rings. The first-order chi connectivity index (χ1) is 3.00. The molecule has 1 aromatic heterocycles. The van der Waals surface area contributed by atoms with Crippen molar-refractivity contribution in [3.63, 3.8) is 0 Å². The topological polar surface area (TPSA) is 12.9 Å². The molecule has 31 valence electrons. The predicted octanol–water partition coefficient (Wildman–Crippen LogP) is 0.233. The smallest absolute Gasteiger partial charge is 0.0886 e. The van der Waals surface area contributed by atoms with Gasteiger partial charge in [-0.2, -0.15) is 0 Å². The molecular weight excluding hydrogens is 81.0 g/mol. The summed E-state index contributed by atoms with van der Waals surface area (Å²) in [7, 11) is 0. The van der Waals surface area contributed by atoms with Gasteiger partial charge in [0.1, 0.15) is 0 Å². The fraction of sp³-hybridized carbons (Fsp3) is 0. The molecule has 1 rings (SSSR count). The Hall–Kier alpha value is -0.253. The molecule has 1 radical (unpaired) electrons. The number of rotatable bonds is 0. The van der Waals surface area contributed by atoms with Gasteiger partial charge in [-0.15, -0.1) is 0 Å². The third-order valence-electron chi connectivity index (χ3n) is 0.517. The van der Waals surface area contributed by atoms with Gasteiger partial charge in [-0.05, 0) is 12.1 Å². The Labute approximate surface area is 54.9 Å². The zero-order chi connectivity index (χ0) is 4.24. The van der Waals surface area contributed by atoms with Crippen LogP contribution in [0.15, 0.2) is 24.4 Å². The second-order valence-corrected chi connectivity index (χ2v) is 0.959. The molecule has 0 amide bonds. The van der Waals surface area contributed by atoms with Crippen molar-refractivity contribution in [1.29, 1.82) is 0 Å². The van der Waals surface area contributed by atoms with E-state index in [4.69, 9.17) is 0 Å². The standard InChI is InChI=1S/C5H4N.Li.H/c1-2-4-6-5-3-1;;/h1-4H;;. The zero-order valence-corrected chi connectivity index (χ0v) is 3.26. The fourth-order valence-electron chi connectivity index (χ4n) is 0.277. The van der Waals surface area contributed by atoms with Crippen molar-refractivity contribution < 1.29 is 0 Å². The first-order valence-corrected chi connectivity index (χ1v) is 1.77. The third kappa shape index (κ3) is 2.44. The van der Waals surface area contributed by atoms with E-state index in [0.29, 0.717) is 0 Å². The van der Waals surface area contributed by atoms with E-state index in [0.717, 1.165) is 0 Å². The van der Waals surface area contributed by atoms with E-state index in [1.165, 1.54) is 0 Å². The second-order valence-electron chi connectivity index (χ2n) is 0.959. The average Bonchev–Trinajstić information content (AvgIpc) is 1.72. The van der Waals surface area contributed by atoms with Crippen LogP contribution >= 0.6 is 0 Å². The van der Waals surface area contributed by atoms with E-state index in [1.807, 2.05) is 12.1 Å². The molecule has 0 spiro atoms. The van der Waals surface area contributed by atoms with Gasteiger partial charge in [0.25, 0.3) is 0 Å². The van der Waals surface area contributed by atoms with E-state index in [2.05, 4.69) is 11.2 Å². The van der Waals surface area contributed by atoms with Gasteiger partial charge in [0.05, 0.1) is 6.20 Å². The first-order valence-electron chi connectivity index (χ1n) is 1.77. The average molecular weight is 86.0 g/mol. The maximum absolute atomic E-state index is 3.66. The van der Waals surface area contributed by atoms with Crippen molar-refractivity contribution in [1.82, 2.24) is 4.98 Å². The minimum absolute atomic E-state index is 0. The number of nitrogens with zero attached hydrogens (tertiary/aromatic N) is 1. The van der Waals surface area contributed by atoms with Crippen LogP contribution in [-0.4, -0.2) is 23.8 Å². The van der Waals surface area contributed by atoms with Crippen LogP contribution in [-0.2, 0) is 0 Å². The van der Waals surface area contributed by atoms with Gasteiger partial charge in [-0.1, -0.05) is 6.07 Å². The summed E-state index contributed by atoms with van der Waals surface area (Å²) >= 11 is 0. The molecule has 1 heterocycles. The molecule has 0 aliphatic heterocycles. The molecule has 0 N–H and O–H groups in total. The van der Waals surface area contributed by atoms with E-state index >= 15 is 0 Å². The minimum atomic E-state index is 0. The summed E-state index contributed by atoms with van der Waals surface area (Å²) < 4.78 is 0. The van der Waals surface area contributed by atoms with Crippen molar-refractivity contribution >= 4 is 18.9 Å². The van der Waals surface area contributed by atoms with E-state index in [1.54, 1.807) is 12.3 Å². The van der Waals surface area contributed by atoms with E-state index < -0.39 is 0 Å². The minimum Gasteiger partial charge on any atom is -0.255 e. The summed E-state index contributed by atoms with van der Waals surface area (Å²) in [5, 5.41) is 0. The maximum Gasteiger partial charge on any atom is 0.0886 e. The van der Waals surface area contributed by atoms with Crippen molar-refractivity contribution in [2.45, 2.75) is 0 Å². The molecule has 0 saturated carbocycles. The van der Waals surface area contributed by atoms with Gasteiger partial charge < -0.3 is 0 Å². The Morgan fingerprint density at radius 1 is 1.29 bits per heavy atom. The van der Waals surface area contributed by atoms with E-state index in [-0.39, 0.29) is 18.9 Å². The monoisotopic (exact) mass is 86.1 g/mol. The molecule has 0 atom stereocenters. The third-order valence-corrected chi connectivity index (χ3v) is 0.517. The summed E-state index contributed by atoms with van der Waals surface area (Å²) in [5.41, 5.74) is 0. The molecule has 1 nitrogen and oxygen atoms in total. The van der Waals surface area contributed by atoms with Crippen molar-refractivity contribution in [2.75, 3.05) is 0 Å². The molecule has 0 saturated heterocycles. The summed E-state index contributed by atoms with van der Waals surface area (Å²) in [6.45, 7) is 0. The molecular formula is C5H5LiN. The summed E-state index contributed by atoms with van der Waals surface area (Å²) in [6.07, 6.45) is 4.34. The quantitative estimate of drug-likeness (QED) is 0.412. The molecule has 2 heteroatoms. The molecule has 0 aliphatic carbocycles. The largest absolute Gasteiger partial charge is 0.255 e. The molecule has 0 aliphatic rings. The Morgan fingerprint density at radius 2 is 2.14 bits per heavy atom. The van der Waals surface area contributed by atoms with Gasteiger partial charge in [-0.25, -0.2) is 0 Å². The van der Waals surface area contributed by atoms with Gasteiger partial charge in [0.15, 0.2) is 0 Å². The van der Waals surface area contributed by atoms with Gasteiger partial charge in [0, 0.05) is 6.20 Å². The second kappa shape index (κ2) is 3.92. The summed E-state index contributed by atoms with van der Waals surface area (Å²) in [5.74, 6) is 0. The predicted molar refractivity (Wildman–Crippen MR) is 30.2 cm³/mol. The maximum atomic E-state index is 3.66. The van der Waals surface area contributed by atoms with Crippen molar-refractivity contribution in [3.8, 4) is 0 Å². The van der Waals surface area contributed by atoms with Crippen molar-refractivity contribution in [3.05, 3.63) is 30.6 Å². The van der Waals surface area contributed by atoms with Crippen LogP contribution in [0.2, 0.25) is 0 Å². The van der Waals surface area contributed by atoms with Gasteiger partial charge in [0.2, 0.25) is 0 Å². The van der Waals surface area contributed by atoms with Crippen LogP contribution in [0.1, 0.15) is 0 Å². The van der Waals surface area contributed by atoms with Crippen molar-refractivity contribution in [2.24, 2.45) is 0 Å². The van der Waals surface area contributed by atoms with Crippen LogP contribution < -0.4 is 0 Å². The molecule has 0 aromatic carbocycles. The number of pyridine rings is 1. The molecule has 7 heavy (non-hydrogen) atoms.